The molecule has 7 heteroatoms. The van der Waals surface area contributed by atoms with Crippen LogP contribution in [0, 0.1) is 0 Å². The van der Waals surface area contributed by atoms with Crippen LogP contribution in [0.25, 0.3) is 11.5 Å². The molecule has 0 bridgehead atoms. The number of hydrogen-bond donors (Lipinski definition) is 0. The first-order valence-electron chi connectivity index (χ1n) is 13.8. The number of ether oxygens (including phenoxy) is 2. The zero-order valence-corrected chi connectivity index (χ0v) is 23.3. The molecule has 6 nitrogen and oxygen atoms in total. The lowest BCUT2D eigenvalue weighted by Gasteiger charge is -2.08. The number of nitrogens with zero attached hydrogens (tertiary/aromatic N) is 2. The van der Waals surface area contributed by atoms with E-state index in [1.807, 2.05) is 30.3 Å². The van der Waals surface area contributed by atoms with Crippen LogP contribution in [0.3, 0.4) is 0 Å². The maximum absolute atomic E-state index is 12.6. The third-order valence-corrected chi connectivity index (χ3v) is 7.01. The van der Waals surface area contributed by atoms with Crippen molar-refractivity contribution < 1.29 is 18.7 Å². The van der Waals surface area contributed by atoms with Crippen molar-refractivity contribution >= 4 is 17.7 Å². The smallest absolute Gasteiger partial charge is 0.343 e. The topological polar surface area (TPSA) is 74.5 Å². The summed E-state index contributed by atoms with van der Waals surface area (Å²) in [4.78, 5) is 12.6. The molecular weight excluding hydrogens is 496 g/mol. The molecular formula is C31H40N2O4S. The Bertz CT molecular complexity index is 1080. The standard InChI is InChI=1S/C31H40N2O4S/c1-3-5-7-8-9-10-11-12-13-23-35-27-19-17-26(18-20-27)30(34)36-28-21-15-25(16-22-28)29-32-33-31(37-29)38-24-14-6-4-2/h3,15-22H,1,4-14,23-24H2,2H3. The van der Waals surface area contributed by atoms with Gasteiger partial charge in [0.1, 0.15) is 11.5 Å². The number of carbonyl (C=O) groups excluding carboxylic acids is 1. The van der Waals surface area contributed by atoms with E-state index in [1.165, 1.54) is 51.4 Å². The maximum atomic E-state index is 12.6. The number of unbranched alkanes of at least 4 members (excludes halogenated alkanes) is 9. The Morgan fingerprint density at radius 2 is 1.55 bits per heavy atom. The van der Waals surface area contributed by atoms with Gasteiger partial charge in [-0.15, -0.1) is 16.8 Å². The lowest BCUT2D eigenvalue weighted by Crippen LogP contribution is -2.08. The fraction of sp³-hybridized carbons (Fsp3) is 0.452. The number of hydrogen-bond acceptors (Lipinski definition) is 7. The first-order chi connectivity index (χ1) is 18.7. The second-order valence-corrected chi connectivity index (χ2v) is 10.3. The summed E-state index contributed by atoms with van der Waals surface area (Å²) in [5, 5.41) is 8.80. The lowest BCUT2D eigenvalue weighted by atomic mass is 10.1. The highest BCUT2D eigenvalue weighted by Crippen LogP contribution is 2.26. The summed E-state index contributed by atoms with van der Waals surface area (Å²) in [6.45, 7) is 6.63. The van der Waals surface area contributed by atoms with Crippen molar-refractivity contribution in [2.75, 3.05) is 12.4 Å². The molecule has 0 saturated carbocycles. The van der Waals surface area contributed by atoms with Crippen LogP contribution in [0.15, 0.2) is 70.8 Å². The van der Waals surface area contributed by atoms with Gasteiger partial charge in [0.25, 0.3) is 5.22 Å². The maximum Gasteiger partial charge on any atom is 0.343 e. The molecule has 38 heavy (non-hydrogen) atoms. The van der Waals surface area contributed by atoms with Crippen molar-refractivity contribution in [1.29, 1.82) is 0 Å². The third-order valence-electron chi connectivity index (χ3n) is 6.10. The second kappa shape index (κ2) is 17.4. The largest absolute Gasteiger partial charge is 0.494 e. The monoisotopic (exact) mass is 536 g/mol. The fourth-order valence-electron chi connectivity index (χ4n) is 3.88. The number of esters is 1. The SMILES string of the molecule is C=CCCCCCCCCCOc1ccc(C(=O)Oc2ccc(-c3nnc(SCCCCC)o3)cc2)cc1. The molecule has 0 spiro atoms. The van der Waals surface area contributed by atoms with E-state index in [4.69, 9.17) is 13.9 Å². The highest BCUT2D eigenvalue weighted by Gasteiger charge is 2.12. The molecule has 2 aromatic carbocycles. The molecule has 1 heterocycles. The molecule has 0 radical (unpaired) electrons. The van der Waals surface area contributed by atoms with Crippen LogP contribution in [0.4, 0.5) is 0 Å². The van der Waals surface area contributed by atoms with E-state index in [9.17, 15) is 4.79 Å². The molecule has 3 aromatic rings. The van der Waals surface area contributed by atoms with E-state index in [2.05, 4.69) is 23.7 Å². The molecule has 0 atom stereocenters. The Kier molecular flexibility index (Phi) is 13.5. The molecule has 0 aliphatic carbocycles. The van der Waals surface area contributed by atoms with E-state index in [-0.39, 0.29) is 0 Å². The number of rotatable bonds is 19. The van der Waals surface area contributed by atoms with Crippen LogP contribution in [-0.2, 0) is 0 Å². The van der Waals surface area contributed by atoms with Crippen molar-refractivity contribution in [1.82, 2.24) is 10.2 Å². The van der Waals surface area contributed by atoms with E-state index in [0.29, 0.717) is 29.0 Å². The molecule has 3 rings (SSSR count). The van der Waals surface area contributed by atoms with Crippen LogP contribution in [0.2, 0.25) is 0 Å². The number of benzene rings is 2. The zero-order valence-electron chi connectivity index (χ0n) is 22.5. The molecule has 0 fully saturated rings. The van der Waals surface area contributed by atoms with Gasteiger partial charge in [0.05, 0.1) is 12.2 Å². The van der Waals surface area contributed by atoms with Gasteiger partial charge in [-0.05, 0) is 74.2 Å². The summed E-state index contributed by atoms with van der Waals surface area (Å²) in [6, 6.07) is 14.2. The molecule has 1 aromatic heterocycles. The van der Waals surface area contributed by atoms with E-state index < -0.39 is 5.97 Å². The zero-order chi connectivity index (χ0) is 26.8. The van der Waals surface area contributed by atoms with Gasteiger partial charge in [0, 0.05) is 11.3 Å². The van der Waals surface area contributed by atoms with Crippen LogP contribution in [-0.4, -0.2) is 28.5 Å². The summed E-state index contributed by atoms with van der Waals surface area (Å²) in [6.07, 6.45) is 15.2. The van der Waals surface area contributed by atoms with Gasteiger partial charge in [-0.3, -0.25) is 0 Å². The minimum absolute atomic E-state index is 0.416. The number of thioether (sulfide) groups is 1. The summed E-state index contributed by atoms with van der Waals surface area (Å²) in [5.41, 5.74) is 1.25. The molecule has 204 valence electrons. The van der Waals surface area contributed by atoms with Crippen LogP contribution >= 0.6 is 11.8 Å². The summed E-state index contributed by atoms with van der Waals surface area (Å²) in [7, 11) is 0. The van der Waals surface area contributed by atoms with Crippen molar-refractivity contribution in [3.05, 3.63) is 66.7 Å². The van der Waals surface area contributed by atoms with Gasteiger partial charge >= 0.3 is 5.97 Å². The number of carbonyl (C=O) groups is 1. The molecule has 0 unspecified atom stereocenters. The van der Waals surface area contributed by atoms with Gasteiger partial charge in [-0.25, -0.2) is 4.79 Å². The highest BCUT2D eigenvalue weighted by molar-refractivity contribution is 7.99. The normalized spacial score (nSPS) is 10.9. The van der Waals surface area contributed by atoms with Crippen LogP contribution < -0.4 is 9.47 Å². The molecule has 0 amide bonds. The number of allylic oxidation sites excluding steroid dienone is 1. The Morgan fingerprint density at radius 3 is 2.26 bits per heavy atom. The van der Waals surface area contributed by atoms with Crippen molar-refractivity contribution in [2.45, 2.75) is 82.8 Å². The summed E-state index contributed by atoms with van der Waals surface area (Å²) < 4.78 is 17.1. The van der Waals surface area contributed by atoms with Crippen LogP contribution in [0.1, 0.15) is 87.9 Å². The molecule has 0 aliphatic heterocycles. The van der Waals surface area contributed by atoms with Crippen LogP contribution in [0.5, 0.6) is 11.5 Å². The van der Waals surface area contributed by atoms with E-state index in [1.54, 1.807) is 36.0 Å². The van der Waals surface area contributed by atoms with Gasteiger partial charge in [0.15, 0.2) is 0 Å². The molecule has 0 N–H and O–H groups in total. The Labute approximate surface area is 231 Å². The number of aromatic nitrogens is 2. The van der Waals surface area contributed by atoms with Gasteiger partial charge < -0.3 is 13.9 Å². The minimum atomic E-state index is -0.416. The van der Waals surface area contributed by atoms with Gasteiger partial charge in [-0.2, -0.15) is 0 Å². The second-order valence-electron chi connectivity index (χ2n) is 9.27. The van der Waals surface area contributed by atoms with E-state index >= 15 is 0 Å². The average molecular weight is 537 g/mol. The molecule has 0 aliphatic rings. The van der Waals surface area contributed by atoms with E-state index in [0.717, 1.165) is 36.3 Å². The Hall–Kier alpha value is -3.06. The van der Waals surface area contributed by atoms with Crippen molar-refractivity contribution in [2.24, 2.45) is 0 Å². The summed E-state index contributed by atoms with van der Waals surface area (Å²) >= 11 is 1.58. The van der Waals surface area contributed by atoms with Gasteiger partial charge in [-0.1, -0.05) is 69.7 Å². The fourth-order valence-corrected chi connectivity index (χ4v) is 4.64. The predicted molar refractivity (Wildman–Crippen MR) is 154 cm³/mol. The Balaban J connectivity index is 1.36. The highest BCUT2D eigenvalue weighted by atomic mass is 32.2. The first-order valence-corrected chi connectivity index (χ1v) is 14.8. The van der Waals surface area contributed by atoms with Crippen molar-refractivity contribution in [3.63, 3.8) is 0 Å². The minimum Gasteiger partial charge on any atom is -0.494 e. The quantitative estimate of drug-likeness (QED) is 0.0498. The average Bonchev–Trinajstić information content (AvgIpc) is 3.42. The third kappa shape index (κ3) is 10.7. The Morgan fingerprint density at radius 1 is 0.868 bits per heavy atom. The lowest BCUT2D eigenvalue weighted by molar-refractivity contribution is 0.0734. The van der Waals surface area contributed by atoms with Gasteiger partial charge in [0.2, 0.25) is 5.89 Å². The summed E-state index contributed by atoms with van der Waals surface area (Å²) in [5.74, 6) is 2.22. The van der Waals surface area contributed by atoms with Crippen molar-refractivity contribution in [3.8, 4) is 23.0 Å². The predicted octanol–water partition coefficient (Wildman–Crippen LogP) is 8.92. The molecule has 0 saturated heterocycles. The first kappa shape index (κ1) is 29.5.